The van der Waals surface area contributed by atoms with Crippen LogP contribution in [0.1, 0.15) is 61.4 Å². The third kappa shape index (κ3) is 5.21. The third-order valence-electron chi connectivity index (χ3n) is 9.85. The molecule has 44 heavy (non-hydrogen) atoms. The Bertz CT molecular complexity index is 1750. The number of halogens is 1. The lowest BCUT2D eigenvalue weighted by Gasteiger charge is -2.37. The second-order valence-electron chi connectivity index (χ2n) is 13.0. The van der Waals surface area contributed by atoms with E-state index in [0.717, 1.165) is 73.4 Å². The highest BCUT2D eigenvalue weighted by molar-refractivity contribution is 5.95. The molecule has 1 saturated carbocycles. The van der Waals surface area contributed by atoms with Gasteiger partial charge < -0.3 is 25.0 Å². The monoisotopic (exact) mass is 600 g/mol. The van der Waals surface area contributed by atoms with Crippen LogP contribution in [0, 0.1) is 18.7 Å². The minimum Gasteiger partial charge on any atom is -0.356 e. The van der Waals surface area contributed by atoms with Crippen molar-refractivity contribution >= 4 is 34.2 Å². The number of fused-ring (bicyclic) bond motifs is 2. The van der Waals surface area contributed by atoms with Gasteiger partial charge in [-0.25, -0.2) is 13.9 Å². The minimum absolute atomic E-state index is 0.0531. The first-order valence-electron chi connectivity index (χ1n) is 15.9. The average molecular weight is 601 g/mol. The molecule has 10 nitrogen and oxygen atoms in total. The van der Waals surface area contributed by atoms with Crippen LogP contribution in [0.2, 0.25) is 0 Å². The Morgan fingerprint density at radius 1 is 1.09 bits per heavy atom. The predicted octanol–water partition coefficient (Wildman–Crippen LogP) is 4.22. The van der Waals surface area contributed by atoms with Crippen molar-refractivity contribution in [3.63, 3.8) is 0 Å². The summed E-state index contributed by atoms with van der Waals surface area (Å²) in [5.41, 5.74) is 10.0. The first-order chi connectivity index (χ1) is 21.2. The Morgan fingerprint density at radius 2 is 1.86 bits per heavy atom. The van der Waals surface area contributed by atoms with Crippen LogP contribution in [0.3, 0.4) is 0 Å². The number of likely N-dealkylation sites (tertiary alicyclic amines) is 1. The van der Waals surface area contributed by atoms with Gasteiger partial charge in [-0.05, 0) is 75.6 Å². The van der Waals surface area contributed by atoms with Gasteiger partial charge in [0.05, 0.1) is 11.3 Å². The van der Waals surface area contributed by atoms with Gasteiger partial charge in [-0.3, -0.25) is 9.59 Å². The van der Waals surface area contributed by atoms with E-state index in [1.54, 1.807) is 18.0 Å². The molecule has 1 atom stereocenters. The van der Waals surface area contributed by atoms with Gasteiger partial charge >= 0.3 is 0 Å². The van der Waals surface area contributed by atoms with Crippen LogP contribution in [-0.2, 0) is 11.3 Å². The molecule has 2 aliphatic heterocycles. The molecule has 2 saturated heterocycles. The largest absolute Gasteiger partial charge is 0.356 e. The van der Waals surface area contributed by atoms with Gasteiger partial charge in [0.2, 0.25) is 5.91 Å². The summed E-state index contributed by atoms with van der Waals surface area (Å²) in [6.45, 7) is 7.13. The summed E-state index contributed by atoms with van der Waals surface area (Å²) in [4.78, 5) is 36.2. The molecule has 0 bridgehead atoms. The topological polar surface area (TPSA) is 105 Å². The van der Waals surface area contributed by atoms with E-state index in [2.05, 4.69) is 27.7 Å². The Balaban J connectivity index is 1.23. The van der Waals surface area contributed by atoms with Crippen LogP contribution < -0.4 is 10.6 Å². The molecule has 0 unspecified atom stereocenters. The van der Waals surface area contributed by atoms with Crippen molar-refractivity contribution in [2.24, 2.45) is 11.7 Å². The van der Waals surface area contributed by atoms with Crippen LogP contribution >= 0.6 is 0 Å². The summed E-state index contributed by atoms with van der Waals surface area (Å²) in [6, 6.07) is 7.83. The fourth-order valence-electron chi connectivity index (χ4n) is 6.98. The molecule has 1 aliphatic carbocycles. The lowest BCUT2D eigenvalue weighted by molar-refractivity contribution is -0.129. The van der Waals surface area contributed by atoms with Crippen molar-refractivity contribution in [1.29, 1.82) is 0 Å². The zero-order chi connectivity index (χ0) is 30.7. The van der Waals surface area contributed by atoms with E-state index in [1.165, 1.54) is 23.4 Å². The summed E-state index contributed by atoms with van der Waals surface area (Å²) in [5, 5.41) is 5.89. The van der Waals surface area contributed by atoms with Crippen LogP contribution in [0.15, 0.2) is 30.5 Å². The highest BCUT2D eigenvalue weighted by Gasteiger charge is 2.29. The van der Waals surface area contributed by atoms with Gasteiger partial charge in [-0.1, -0.05) is 0 Å². The fourth-order valence-corrected chi connectivity index (χ4v) is 6.98. The normalized spacial score (nSPS) is 19.7. The number of aryl methyl sites for hydroxylation is 1. The molecule has 0 radical (unpaired) electrons. The zero-order valence-electron chi connectivity index (χ0n) is 25.8. The molecule has 0 spiro atoms. The number of piperidine rings is 2. The summed E-state index contributed by atoms with van der Waals surface area (Å²) in [6.07, 6.45) is 7.56. The smallest absolute Gasteiger partial charge is 0.255 e. The van der Waals surface area contributed by atoms with Crippen LogP contribution in [0.25, 0.3) is 27.9 Å². The van der Waals surface area contributed by atoms with Crippen molar-refractivity contribution in [2.45, 2.75) is 71.0 Å². The first-order valence-corrected chi connectivity index (χ1v) is 15.9. The first kappa shape index (κ1) is 28.8. The van der Waals surface area contributed by atoms with E-state index in [9.17, 15) is 9.59 Å². The van der Waals surface area contributed by atoms with E-state index in [1.807, 2.05) is 18.9 Å². The number of rotatable bonds is 6. The third-order valence-corrected chi connectivity index (χ3v) is 9.85. The van der Waals surface area contributed by atoms with Crippen LogP contribution in [-0.4, -0.2) is 86.1 Å². The van der Waals surface area contributed by atoms with Gasteiger partial charge in [-0.2, -0.15) is 5.10 Å². The number of carbonyl (C=O) groups excluding carboxylic acids is 2. The van der Waals surface area contributed by atoms with Gasteiger partial charge in [0, 0.05) is 75.9 Å². The van der Waals surface area contributed by atoms with Gasteiger partial charge in [0.1, 0.15) is 28.5 Å². The molecular formula is C33H41FN8O2. The molecule has 11 heteroatoms. The lowest BCUT2D eigenvalue weighted by atomic mass is 10.0. The Kier molecular flexibility index (Phi) is 7.31. The molecule has 6 heterocycles. The number of aromatic nitrogens is 4. The molecule has 2 amide bonds. The van der Waals surface area contributed by atoms with Crippen LogP contribution in [0.4, 0.5) is 10.2 Å². The number of anilines is 1. The SMILES string of the molecule is CC(=O)N(C)C1CCN(c2ccc3cc(-c4nn5cc(C(=O)N6CCC[C@@H](N)C6)cc(F)c5c4C)n(CC4CC4)c3n2)CC1. The molecule has 4 aromatic heterocycles. The molecule has 3 aliphatic rings. The van der Waals surface area contributed by atoms with E-state index >= 15 is 4.39 Å². The summed E-state index contributed by atoms with van der Waals surface area (Å²) < 4.78 is 19.4. The van der Waals surface area contributed by atoms with Crippen molar-refractivity contribution in [1.82, 2.24) is 29.0 Å². The highest BCUT2D eigenvalue weighted by atomic mass is 19.1. The number of nitrogens with zero attached hydrogens (tertiary/aromatic N) is 7. The minimum atomic E-state index is -0.461. The number of nitrogens with two attached hydrogens (primary N) is 1. The molecular weight excluding hydrogens is 559 g/mol. The van der Waals surface area contributed by atoms with Crippen LogP contribution in [0.5, 0.6) is 0 Å². The fraction of sp³-hybridized carbons (Fsp3) is 0.515. The average Bonchev–Trinajstić information content (AvgIpc) is 3.69. The Labute approximate surface area is 256 Å². The summed E-state index contributed by atoms with van der Waals surface area (Å²) in [5.74, 6) is 0.943. The molecule has 0 aromatic carbocycles. The van der Waals surface area contributed by atoms with E-state index in [-0.39, 0.29) is 29.5 Å². The molecule has 3 fully saturated rings. The second kappa shape index (κ2) is 11.2. The maximum Gasteiger partial charge on any atom is 0.255 e. The van der Waals surface area contributed by atoms with Crippen molar-refractivity contribution in [3.8, 4) is 11.4 Å². The highest BCUT2D eigenvalue weighted by Crippen LogP contribution is 2.38. The zero-order valence-corrected chi connectivity index (χ0v) is 25.8. The Hall–Kier alpha value is -3.99. The number of hydrogen-bond acceptors (Lipinski definition) is 6. The van der Waals surface area contributed by atoms with Gasteiger partial charge in [0.15, 0.2) is 0 Å². The molecule has 4 aromatic rings. The van der Waals surface area contributed by atoms with Crippen molar-refractivity contribution < 1.29 is 14.0 Å². The number of amides is 2. The lowest BCUT2D eigenvalue weighted by Crippen LogP contribution is -2.45. The number of carbonyl (C=O) groups is 2. The second-order valence-corrected chi connectivity index (χ2v) is 13.0. The molecule has 232 valence electrons. The standard InChI is InChI=1S/C33H41FN8O2/c1-20-30(37-42-18-24(15-27(34)31(20)42)33(44)40-12-4-5-25(35)19-40)28-16-23-8-9-29(36-32(23)41(28)17-22-6-7-22)39-13-10-26(11-14-39)38(3)21(2)43/h8-9,15-16,18,22,25-26H,4-7,10-14,17,19,35H2,1-3H3/t25-/m1/s1. The van der Waals surface area contributed by atoms with Crippen molar-refractivity contribution in [3.05, 3.63) is 47.4 Å². The Morgan fingerprint density at radius 3 is 2.57 bits per heavy atom. The van der Waals surface area contributed by atoms with E-state index < -0.39 is 5.82 Å². The number of hydrogen-bond donors (Lipinski definition) is 1. The maximum atomic E-state index is 15.6. The van der Waals surface area contributed by atoms with Crippen molar-refractivity contribution in [2.75, 3.05) is 38.1 Å². The summed E-state index contributed by atoms with van der Waals surface area (Å²) in [7, 11) is 1.88. The number of pyridine rings is 2. The molecule has 7 rings (SSSR count). The van der Waals surface area contributed by atoms with Gasteiger partial charge in [-0.15, -0.1) is 0 Å². The quantitative estimate of drug-likeness (QED) is 0.356. The van der Waals surface area contributed by atoms with E-state index in [4.69, 9.17) is 15.8 Å². The maximum absolute atomic E-state index is 15.6. The summed E-state index contributed by atoms with van der Waals surface area (Å²) >= 11 is 0. The predicted molar refractivity (Wildman–Crippen MR) is 168 cm³/mol. The molecule has 2 N–H and O–H groups in total. The van der Waals surface area contributed by atoms with Gasteiger partial charge in [0.25, 0.3) is 5.91 Å². The van der Waals surface area contributed by atoms with E-state index in [0.29, 0.717) is 30.2 Å².